The Morgan fingerprint density at radius 1 is 1.40 bits per heavy atom. The van der Waals surface area contributed by atoms with Crippen molar-refractivity contribution in [3.63, 3.8) is 0 Å². The van der Waals surface area contributed by atoms with Crippen LogP contribution in [0.5, 0.6) is 0 Å². The second-order valence-electron chi connectivity index (χ2n) is 3.84. The first-order valence-corrected chi connectivity index (χ1v) is 6.23. The summed E-state index contributed by atoms with van der Waals surface area (Å²) in [5.74, 6) is -0.445. The maximum absolute atomic E-state index is 11.5. The predicted octanol–water partition coefficient (Wildman–Crippen LogP) is 3.94. The van der Waals surface area contributed by atoms with Crippen LogP contribution >= 0.6 is 23.2 Å². The Kier molecular flexibility index (Phi) is 7.37. The van der Waals surface area contributed by atoms with Gasteiger partial charge < -0.3 is 4.74 Å². The van der Waals surface area contributed by atoms with Gasteiger partial charge in [-0.2, -0.15) is 0 Å². The van der Waals surface area contributed by atoms with Crippen LogP contribution in [-0.4, -0.2) is 16.9 Å². The Bertz CT molecular complexity index is 193. The van der Waals surface area contributed by atoms with Gasteiger partial charge >= 0.3 is 5.97 Å². The number of unbranched alkanes of at least 4 members (excludes halogenated alkanes) is 1. The molecule has 15 heavy (non-hydrogen) atoms. The van der Waals surface area contributed by atoms with Gasteiger partial charge in [0.05, 0.1) is 12.5 Å². The van der Waals surface area contributed by atoms with Crippen LogP contribution in [0.3, 0.4) is 0 Å². The van der Waals surface area contributed by atoms with E-state index in [1.54, 1.807) is 6.92 Å². The molecule has 1 unspecified atom stereocenters. The summed E-state index contributed by atoms with van der Waals surface area (Å²) in [6.07, 6.45) is 2.99. The van der Waals surface area contributed by atoms with Crippen molar-refractivity contribution in [1.82, 2.24) is 0 Å². The van der Waals surface area contributed by atoms with Crippen molar-refractivity contribution >= 4 is 29.2 Å². The topological polar surface area (TPSA) is 26.3 Å². The van der Waals surface area contributed by atoms with E-state index in [4.69, 9.17) is 27.9 Å². The SMILES string of the molecule is CCCCOC(=O)C(C)CC(Cl)(Cl)CC. The largest absolute Gasteiger partial charge is 0.465 e. The predicted molar refractivity (Wildman–Crippen MR) is 64.4 cm³/mol. The van der Waals surface area contributed by atoms with Crippen molar-refractivity contribution in [3.05, 3.63) is 0 Å². The average Bonchev–Trinajstić information content (AvgIpc) is 2.17. The van der Waals surface area contributed by atoms with E-state index in [0.717, 1.165) is 12.8 Å². The first-order valence-electron chi connectivity index (χ1n) is 5.47. The molecular formula is C11H20Cl2O2. The van der Waals surface area contributed by atoms with E-state index >= 15 is 0 Å². The van der Waals surface area contributed by atoms with Gasteiger partial charge in [0.2, 0.25) is 0 Å². The second kappa shape index (κ2) is 7.34. The molecule has 2 nitrogen and oxygen atoms in total. The summed E-state index contributed by atoms with van der Waals surface area (Å²) in [7, 11) is 0. The molecule has 0 aliphatic heterocycles. The quantitative estimate of drug-likeness (QED) is 0.391. The minimum atomic E-state index is -0.816. The van der Waals surface area contributed by atoms with Crippen LogP contribution in [0.15, 0.2) is 0 Å². The van der Waals surface area contributed by atoms with E-state index in [9.17, 15) is 4.79 Å². The summed E-state index contributed by atoms with van der Waals surface area (Å²) in [6, 6.07) is 0. The third-order valence-electron chi connectivity index (χ3n) is 2.27. The first-order chi connectivity index (χ1) is 6.93. The van der Waals surface area contributed by atoms with Gasteiger partial charge in [-0.1, -0.05) is 27.2 Å². The van der Waals surface area contributed by atoms with Crippen molar-refractivity contribution in [2.24, 2.45) is 5.92 Å². The standard InChI is InChI=1S/C11H20Cl2O2/c1-4-6-7-15-10(14)9(3)8-11(12,13)5-2/h9H,4-8H2,1-3H3. The highest BCUT2D eigenvalue weighted by Crippen LogP contribution is 2.32. The molecule has 0 aromatic heterocycles. The van der Waals surface area contributed by atoms with Crippen LogP contribution < -0.4 is 0 Å². The van der Waals surface area contributed by atoms with Gasteiger partial charge in [0.1, 0.15) is 4.33 Å². The number of halogens is 2. The summed E-state index contributed by atoms with van der Waals surface area (Å²) in [5.41, 5.74) is 0. The number of carbonyl (C=O) groups is 1. The van der Waals surface area contributed by atoms with Gasteiger partial charge in [-0.15, -0.1) is 23.2 Å². The molecule has 1 atom stereocenters. The molecule has 0 saturated heterocycles. The molecule has 0 fully saturated rings. The second-order valence-corrected chi connectivity index (χ2v) is 5.48. The summed E-state index contributed by atoms with van der Waals surface area (Å²) >= 11 is 12.0. The van der Waals surface area contributed by atoms with Gasteiger partial charge in [-0.25, -0.2) is 0 Å². The van der Waals surface area contributed by atoms with E-state index in [0.29, 0.717) is 19.4 Å². The summed E-state index contributed by atoms with van der Waals surface area (Å²) < 4.78 is 4.26. The molecule has 0 radical (unpaired) electrons. The lowest BCUT2D eigenvalue weighted by molar-refractivity contribution is -0.148. The Hall–Kier alpha value is 0.0500. The Labute approximate surface area is 102 Å². The minimum absolute atomic E-state index is 0.206. The zero-order valence-corrected chi connectivity index (χ0v) is 11.2. The minimum Gasteiger partial charge on any atom is -0.465 e. The lowest BCUT2D eigenvalue weighted by Gasteiger charge is -2.20. The van der Waals surface area contributed by atoms with Crippen molar-refractivity contribution in [2.75, 3.05) is 6.61 Å². The van der Waals surface area contributed by atoms with Crippen molar-refractivity contribution in [1.29, 1.82) is 0 Å². The molecule has 0 spiro atoms. The van der Waals surface area contributed by atoms with Crippen molar-refractivity contribution in [2.45, 2.75) is 50.8 Å². The average molecular weight is 255 g/mol. The molecule has 0 aromatic carbocycles. The van der Waals surface area contributed by atoms with E-state index in [-0.39, 0.29) is 11.9 Å². The van der Waals surface area contributed by atoms with Crippen LogP contribution in [0.25, 0.3) is 0 Å². The Morgan fingerprint density at radius 3 is 2.47 bits per heavy atom. The van der Waals surface area contributed by atoms with Gasteiger partial charge in [-0.05, 0) is 19.3 Å². The molecule has 0 heterocycles. The zero-order valence-electron chi connectivity index (χ0n) is 9.69. The lowest BCUT2D eigenvalue weighted by Crippen LogP contribution is -2.23. The van der Waals surface area contributed by atoms with E-state index < -0.39 is 4.33 Å². The summed E-state index contributed by atoms with van der Waals surface area (Å²) in [4.78, 5) is 11.5. The molecule has 0 amide bonds. The van der Waals surface area contributed by atoms with Gasteiger partial charge in [0.15, 0.2) is 0 Å². The Balaban J connectivity index is 3.88. The normalized spacial score (nSPS) is 13.7. The molecule has 0 aromatic rings. The molecule has 0 aliphatic carbocycles. The number of hydrogen-bond donors (Lipinski definition) is 0. The number of carbonyl (C=O) groups excluding carboxylic acids is 1. The monoisotopic (exact) mass is 254 g/mol. The van der Waals surface area contributed by atoms with Crippen LogP contribution in [0, 0.1) is 5.92 Å². The van der Waals surface area contributed by atoms with Gasteiger partial charge in [-0.3, -0.25) is 4.79 Å². The number of alkyl halides is 2. The smallest absolute Gasteiger partial charge is 0.308 e. The van der Waals surface area contributed by atoms with Crippen LogP contribution in [0.4, 0.5) is 0 Å². The maximum atomic E-state index is 11.5. The molecular weight excluding hydrogens is 235 g/mol. The molecule has 4 heteroatoms. The fraction of sp³-hybridized carbons (Fsp3) is 0.909. The fourth-order valence-electron chi connectivity index (χ4n) is 1.13. The third kappa shape index (κ3) is 7.02. The first kappa shape index (κ1) is 15.0. The van der Waals surface area contributed by atoms with E-state index in [1.165, 1.54) is 0 Å². The van der Waals surface area contributed by atoms with Crippen LogP contribution in [-0.2, 0) is 9.53 Å². The van der Waals surface area contributed by atoms with Gasteiger partial charge in [0.25, 0.3) is 0 Å². The highest BCUT2D eigenvalue weighted by molar-refractivity contribution is 6.48. The molecule has 0 saturated carbocycles. The number of hydrogen-bond acceptors (Lipinski definition) is 2. The number of ether oxygens (including phenoxy) is 1. The molecule has 0 aliphatic rings. The summed E-state index contributed by atoms with van der Waals surface area (Å²) in [5, 5.41) is 0. The van der Waals surface area contributed by atoms with Crippen molar-refractivity contribution < 1.29 is 9.53 Å². The van der Waals surface area contributed by atoms with E-state index in [2.05, 4.69) is 6.92 Å². The van der Waals surface area contributed by atoms with E-state index in [1.807, 2.05) is 6.92 Å². The van der Waals surface area contributed by atoms with Gasteiger partial charge in [0, 0.05) is 0 Å². The zero-order chi connectivity index (χ0) is 11.9. The Morgan fingerprint density at radius 2 is 2.00 bits per heavy atom. The fourth-order valence-corrected chi connectivity index (χ4v) is 1.60. The highest BCUT2D eigenvalue weighted by Gasteiger charge is 2.28. The van der Waals surface area contributed by atoms with Crippen LogP contribution in [0.2, 0.25) is 0 Å². The lowest BCUT2D eigenvalue weighted by atomic mass is 10.0. The maximum Gasteiger partial charge on any atom is 0.308 e. The molecule has 0 bridgehead atoms. The molecule has 0 N–H and O–H groups in total. The number of esters is 1. The van der Waals surface area contributed by atoms with Crippen LogP contribution in [0.1, 0.15) is 46.5 Å². The molecule has 90 valence electrons. The molecule has 0 rings (SSSR count). The summed E-state index contributed by atoms with van der Waals surface area (Å²) in [6.45, 7) is 6.23. The number of rotatable bonds is 7. The highest BCUT2D eigenvalue weighted by atomic mass is 35.5. The third-order valence-corrected chi connectivity index (χ3v) is 3.11. The van der Waals surface area contributed by atoms with Crippen molar-refractivity contribution in [3.8, 4) is 0 Å².